The van der Waals surface area contributed by atoms with Gasteiger partial charge in [-0.25, -0.2) is 4.98 Å². The zero-order valence-corrected chi connectivity index (χ0v) is 11.6. The molecule has 0 spiro atoms. The highest BCUT2D eigenvalue weighted by atomic mass is 35.5. The highest BCUT2D eigenvalue weighted by molar-refractivity contribution is 6.30. The molecule has 1 aromatic heterocycles. The smallest absolute Gasteiger partial charge is 0.303 e. The van der Waals surface area contributed by atoms with Gasteiger partial charge < -0.3 is 10.1 Å². The second kappa shape index (κ2) is 5.88. The van der Waals surface area contributed by atoms with Gasteiger partial charge in [-0.05, 0) is 25.5 Å². The first-order chi connectivity index (χ1) is 9.47. The molecule has 0 saturated heterocycles. The minimum Gasteiger partial charge on any atom is -0.481 e. The van der Waals surface area contributed by atoms with Crippen LogP contribution in [0.4, 0.5) is 0 Å². The molecule has 6 heteroatoms. The fourth-order valence-corrected chi connectivity index (χ4v) is 2.10. The summed E-state index contributed by atoms with van der Waals surface area (Å²) >= 11 is 5.91. The SMILES string of the molecule is Cc1nc(-c2cccc(Cl)c2)[nH]c(=O)c1CCC(=O)O. The van der Waals surface area contributed by atoms with Crippen LogP contribution in [0, 0.1) is 6.92 Å². The van der Waals surface area contributed by atoms with Crippen LogP contribution in [0.2, 0.25) is 5.02 Å². The van der Waals surface area contributed by atoms with Gasteiger partial charge in [-0.3, -0.25) is 9.59 Å². The summed E-state index contributed by atoms with van der Waals surface area (Å²) in [6.07, 6.45) is 0.0709. The van der Waals surface area contributed by atoms with E-state index in [1.54, 1.807) is 31.2 Å². The topological polar surface area (TPSA) is 83.0 Å². The van der Waals surface area contributed by atoms with Crippen LogP contribution in [0.5, 0.6) is 0 Å². The highest BCUT2D eigenvalue weighted by Crippen LogP contribution is 2.19. The number of carboxylic acid groups (broad SMARTS) is 1. The van der Waals surface area contributed by atoms with Gasteiger partial charge in [0.25, 0.3) is 5.56 Å². The highest BCUT2D eigenvalue weighted by Gasteiger charge is 2.11. The Morgan fingerprint density at radius 3 is 2.80 bits per heavy atom. The zero-order valence-electron chi connectivity index (χ0n) is 10.8. The van der Waals surface area contributed by atoms with Crippen molar-refractivity contribution in [3.63, 3.8) is 0 Å². The van der Waals surface area contributed by atoms with Crippen LogP contribution in [0.15, 0.2) is 29.1 Å². The summed E-state index contributed by atoms with van der Waals surface area (Å²) < 4.78 is 0. The molecule has 1 aromatic carbocycles. The monoisotopic (exact) mass is 292 g/mol. The Morgan fingerprint density at radius 1 is 1.45 bits per heavy atom. The van der Waals surface area contributed by atoms with Gasteiger partial charge in [0.1, 0.15) is 5.82 Å². The van der Waals surface area contributed by atoms with Crippen molar-refractivity contribution in [3.05, 3.63) is 50.9 Å². The number of hydrogen-bond donors (Lipinski definition) is 2. The van der Waals surface area contributed by atoms with Crippen molar-refractivity contribution >= 4 is 17.6 Å². The molecule has 0 aliphatic carbocycles. The van der Waals surface area contributed by atoms with Crippen LogP contribution >= 0.6 is 11.6 Å². The second-order valence-electron chi connectivity index (χ2n) is 4.38. The molecule has 0 bridgehead atoms. The van der Waals surface area contributed by atoms with E-state index in [9.17, 15) is 9.59 Å². The second-order valence-corrected chi connectivity index (χ2v) is 4.82. The van der Waals surface area contributed by atoms with Gasteiger partial charge in [-0.1, -0.05) is 23.7 Å². The minimum atomic E-state index is -0.942. The third kappa shape index (κ3) is 3.24. The van der Waals surface area contributed by atoms with Gasteiger partial charge in [-0.15, -0.1) is 0 Å². The molecule has 0 atom stereocenters. The first-order valence-corrected chi connectivity index (χ1v) is 6.42. The van der Waals surface area contributed by atoms with Crippen molar-refractivity contribution in [2.24, 2.45) is 0 Å². The Balaban J connectivity index is 2.40. The quantitative estimate of drug-likeness (QED) is 0.906. The number of carbonyl (C=O) groups is 1. The Bertz CT molecular complexity index is 710. The molecule has 2 aromatic rings. The van der Waals surface area contributed by atoms with Crippen molar-refractivity contribution in [2.45, 2.75) is 19.8 Å². The molecule has 1 heterocycles. The van der Waals surface area contributed by atoms with Crippen molar-refractivity contribution in [1.29, 1.82) is 0 Å². The number of rotatable bonds is 4. The molecule has 0 amide bonds. The van der Waals surface area contributed by atoms with E-state index in [-0.39, 0.29) is 18.4 Å². The standard InChI is InChI=1S/C14H13ClN2O3/c1-8-11(5-6-12(18)19)14(20)17-13(16-8)9-3-2-4-10(15)7-9/h2-4,7H,5-6H2,1H3,(H,18,19)(H,16,17,20). The summed E-state index contributed by atoms with van der Waals surface area (Å²) in [5.74, 6) is -0.517. The number of aromatic nitrogens is 2. The molecule has 104 valence electrons. The molecule has 5 nitrogen and oxygen atoms in total. The maximum absolute atomic E-state index is 12.0. The van der Waals surface area contributed by atoms with Gasteiger partial charge in [0.05, 0.1) is 0 Å². The average Bonchev–Trinajstić information content (AvgIpc) is 2.37. The zero-order chi connectivity index (χ0) is 14.7. The fourth-order valence-electron chi connectivity index (χ4n) is 1.91. The Labute approximate surface area is 120 Å². The molecule has 20 heavy (non-hydrogen) atoms. The molecule has 0 aliphatic rings. The van der Waals surface area contributed by atoms with Crippen molar-refractivity contribution in [3.8, 4) is 11.4 Å². The fraction of sp³-hybridized carbons (Fsp3) is 0.214. The van der Waals surface area contributed by atoms with Gasteiger partial charge in [-0.2, -0.15) is 0 Å². The lowest BCUT2D eigenvalue weighted by molar-refractivity contribution is -0.136. The normalized spacial score (nSPS) is 10.5. The van der Waals surface area contributed by atoms with E-state index in [4.69, 9.17) is 16.7 Å². The largest absolute Gasteiger partial charge is 0.481 e. The van der Waals surface area contributed by atoms with Crippen molar-refractivity contribution in [1.82, 2.24) is 9.97 Å². The molecule has 0 radical (unpaired) electrons. The predicted octanol–water partition coefficient (Wildman–Crippen LogP) is 2.42. The summed E-state index contributed by atoms with van der Waals surface area (Å²) in [5.41, 5.74) is 1.33. The van der Waals surface area contributed by atoms with Crippen LogP contribution in [-0.2, 0) is 11.2 Å². The first kappa shape index (κ1) is 14.3. The molecule has 2 N–H and O–H groups in total. The molecule has 0 aliphatic heterocycles. The summed E-state index contributed by atoms with van der Waals surface area (Å²) in [6, 6.07) is 7.00. The number of aryl methyl sites for hydroxylation is 1. The van der Waals surface area contributed by atoms with Gasteiger partial charge in [0.2, 0.25) is 0 Å². The number of aromatic amines is 1. The number of benzene rings is 1. The third-order valence-corrected chi connectivity index (χ3v) is 3.14. The maximum Gasteiger partial charge on any atom is 0.303 e. The van der Waals surface area contributed by atoms with Crippen LogP contribution in [0.1, 0.15) is 17.7 Å². The molecular formula is C14H13ClN2O3. The van der Waals surface area contributed by atoms with E-state index in [1.807, 2.05) is 0 Å². The number of H-pyrrole nitrogens is 1. The number of nitrogens with one attached hydrogen (secondary N) is 1. The summed E-state index contributed by atoms with van der Waals surface area (Å²) in [5, 5.41) is 9.23. The Hall–Kier alpha value is -2.14. The van der Waals surface area contributed by atoms with Crippen LogP contribution in [-0.4, -0.2) is 21.0 Å². The predicted molar refractivity (Wildman–Crippen MR) is 76.0 cm³/mol. The van der Waals surface area contributed by atoms with Crippen LogP contribution in [0.3, 0.4) is 0 Å². The molecule has 0 fully saturated rings. The summed E-state index contributed by atoms with van der Waals surface area (Å²) in [4.78, 5) is 29.6. The Morgan fingerprint density at radius 2 is 2.20 bits per heavy atom. The number of halogens is 1. The van der Waals surface area contributed by atoms with E-state index in [0.717, 1.165) is 0 Å². The average molecular weight is 293 g/mol. The van der Waals surface area contributed by atoms with Crippen molar-refractivity contribution < 1.29 is 9.90 Å². The van der Waals surface area contributed by atoms with Crippen molar-refractivity contribution in [2.75, 3.05) is 0 Å². The summed E-state index contributed by atoms with van der Waals surface area (Å²) in [6.45, 7) is 1.69. The Kier molecular flexibility index (Phi) is 4.20. The lowest BCUT2D eigenvalue weighted by Crippen LogP contribution is -2.18. The number of nitrogens with zero attached hydrogens (tertiary/aromatic N) is 1. The van der Waals surface area contributed by atoms with E-state index in [1.165, 1.54) is 0 Å². The van der Waals surface area contributed by atoms with E-state index in [0.29, 0.717) is 27.7 Å². The number of hydrogen-bond acceptors (Lipinski definition) is 3. The summed E-state index contributed by atoms with van der Waals surface area (Å²) in [7, 11) is 0. The van der Waals surface area contributed by atoms with E-state index < -0.39 is 5.97 Å². The molecule has 0 saturated carbocycles. The van der Waals surface area contributed by atoms with Crippen LogP contribution in [0.25, 0.3) is 11.4 Å². The maximum atomic E-state index is 12.0. The van der Waals surface area contributed by atoms with Gasteiger partial charge in [0, 0.05) is 28.3 Å². The molecular weight excluding hydrogens is 280 g/mol. The number of aliphatic carboxylic acids is 1. The molecule has 2 rings (SSSR count). The lowest BCUT2D eigenvalue weighted by atomic mass is 10.1. The van der Waals surface area contributed by atoms with E-state index in [2.05, 4.69) is 9.97 Å². The van der Waals surface area contributed by atoms with Gasteiger partial charge >= 0.3 is 5.97 Å². The lowest BCUT2D eigenvalue weighted by Gasteiger charge is -2.06. The molecule has 0 unspecified atom stereocenters. The van der Waals surface area contributed by atoms with E-state index >= 15 is 0 Å². The van der Waals surface area contributed by atoms with Crippen LogP contribution < -0.4 is 5.56 Å². The minimum absolute atomic E-state index is 0.0951. The van der Waals surface area contributed by atoms with Gasteiger partial charge in [0.15, 0.2) is 0 Å². The third-order valence-electron chi connectivity index (χ3n) is 2.91. The first-order valence-electron chi connectivity index (χ1n) is 6.05. The number of carboxylic acids is 1.